The molecule has 3 nitrogen and oxygen atoms in total. The van der Waals surface area contributed by atoms with E-state index in [4.69, 9.17) is 10.8 Å². The van der Waals surface area contributed by atoms with Crippen molar-refractivity contribution in [3.8, 4) is 0 Å². The highest BCUT2D eigenvalue weighted by Crippen LogP contribution is 2.13. The molecule has 0 spiro atoms. The van der Waals surface area contributed by atoms with Crippen LogP contribution in [0.1, 0.15) is 30.5 Å². The van der Waals surface area contributed by atoms with E-state index >= 15 is 0 Å². The molecule has 4 heteroatoms. The van der Waals surface area contributed by atoms with Crippen molar-refractivity contribution in [2.75, 3.05) is 0 Å². The highest BCUT2D eigenvalue weighted by molar-refractivity contribution is 5.73. The molecule has 96 valence electrons. The topological polar surface area (TPSA) is 63.3 Å². The van der Waals surface area contributed by atoms with Crippen LogP contribution in [0.5, 0.6) is 0 Å². The molecule has 0 bridgehead atoms. The van der Waals surface area contributed by atoms with Crippen molar-refractivity contribution in [2.45, 2.75) is 39.9 Å². The predicted molar refractivity (Wildman–Crippen MR) is 66.7 cm³/mol. The van der Waals surface area contributed by atoms with Gasteiger partial charge in [0, 0.05) is 0 Å². The molecule has 0 amide bonds. The predicted octanol–water partition coefficient (Wildman–Crippen LogP) is 2.45. The summed E-state index contributed by atoms with van der Waals surface area (Å²) in [5.74, 6) is -1.04. The summed E-state index contributed by atoms with van der Waals surface area (Å²) in [5.41, 5.74) is 7.59. The average molecular weight is 241 g/mol. The third kappa shape index (κ3) is 4.95. The first-order chi connectivity index (χ1) is 8.04. The molecule has 1 aromatic rings. The van der Waals surface area contributed by atoms with E-state index in [1.807, 2.05) is 20.8 Å². The van der Waals surface area contributed by atoms with Crippen LogP contribution in [0.4, 0.5) is 4.39 Å². The molecule has 0 aliphatic heterocycles. The SMILES string of the molecule is CC.Cc1ccc(C[C@H](N)C(=O)O)cc1CF. The zero-order valence-electron chi connectivity index (χ0n) is 10.5. The van der Waals surface area contributed by atoms with E-state index in [0.29, 0.717) is 5.56 Å². The summed E-state index contributed by atoms with van der Waals surface area (Å²) in [7, 11) is 0. The number of alkyl halides is 1. The lowest BCUT2D eigenvalue weighted by Gasteiger charge is -2.08. The maximum atomic E-state index is 12.5. The maximum absolute atomic E-state index is 12.5. The van der Waals surface area contributed by atoms with Crippen LogP contribution in [-0.4, -0.2) is 17.1 Å². The Morgan fingerprint density at radius 3 is 2.53 bits per heavy atom. The van der Waals surface area contributed by atoms with E-state index in [2.05, 4.69) is 0 Å². The summed E-state index contributed by atoms with van der Waals surface area (Å²) < 4.78 is 12.5. The Labute approximate surface area is 101 Å². The van der Waals surface area contributed by atoms with E-state index in [1.165, 1.54) is 0 Å². The Hall–Kier alpha value is -1.42. The van der Waals surface area contributed by atoms with Gasteiger partial charge in [0.1, 0.15) is 12.7 Å². The van der Waals surface area contributed by atoms with Crippen LogP contribution in [0.3, 0.4) is 0 Å². The fraction of sp³-hybridized carbons (Fsp3) is 0.462. The van der Waals surface area contributed by atoms with E-state index in [9.17, 15) is 9.18 Å². The summed E-state index contributed by atoms with van der Waals surface area (Å²) in [4.78, 5) is 10.5. The van der Waals surface area contributed by atoms with Crippen molar-refractivity contribution in [1.82, 2.24) is 0 Å². The van der Waals surface area contributed by atoms with E-state index in [0.717, 1.165) is 11.1 Å². The van der Waals surface area contributed by atoms with Crippen LogP contribution < -0.4 is 5.73 Å². The Bertz CT molecular complexity index is 366. The molecule has 0 aliphatic carbocycles. The minimum atomic E-state index is -1.04. The van der Waals surface area contributed by atoms with Gasteiger partial charge >= 0.3 is 5.97 Å². The second-order valence-electron chi connectivity index (χ2n) is 3.54. The van der Waals surface area contributed by atoms with Crippen LogP contribution in [0.25, 0.3) is 0 Å². The Morgan fingerprint density at radius 2 is 2.06 bits per heavy atom. The number of aryl methyl sites for hydroxylation is 1. The largest absolute Gasteiger partial charge is 0.480 e. The molecule has 3 N–H and O–H groups in total. The summed E-state index contributed by atoms with van der Waals surface area (Å²) in [6.07, 6.45) is 0.225. The number of rotatable bonds is 4. The summed E-state index contributed by atoms with van der Waals surface area (Å²) >= 11 is 0. The normalized spacial score (nSPS) is 11.4. The second kappa shape index (κ2) is 7.79. The molecular formula is C13H20FNO2. The molecule has 0 aromatic heterocycles. The molecule has 0 unspecified atom stereocenters. The van der Waals surface area contributed by atoms with Crippen LogP contribution in [-0.2, 0) is 17.9 Å². The molecule has 1 atom stereocenters. The van der Waals surface area contributed by atoms with Gasteiger partial charge in [-0.1, -0.05) is 32.0 Å². The molecule has 0 aliphatic rings. The van der Waals surface area contributed by atoms with Gasteiger partial charge in [-0.25, -0.2) is 4.39 Å². The van der Waals surface area contributed by atoms with Crippen molar-refractivity contribution in [2.24, 2.45) is 5.73 Å². The van der Waals surface area contributed by atoms with Gasteiger partial charge in [-0.2, -0.15) is 0 Å². The van der Waals surface area contributed by atoms with Gasteiger partial charge in [0.25, 0.3) is 0 Å². The fourth-order valence-electron chi connectivity index (χ4n) is 1.34. The third-order valence-electron chi connectivity index (χ3n) is 2.33. The Morgan fingerprint density at radius 1 is 1.47 bits per heavy atom. The highest BCUT2D eigenvalue weighted by Gasteiger charge is 2.12. The lowest BCUT2D eigenvalue weighted by Crippen LogP contribution is -2.32. The first-order valence-corrected chi connectivity index (χ1v) is 5.67. The highest BCUT2D eigenvalue weighted by atomic mass is 19.1. The first-order valence-electron chi connectivity index (χ1n) is 5.67. The van der Waals surface area contributed by atoms with Crippen molar-refractivity contribution in [3.05, 3.63) is 34.9 Å². The van der Waals surface area contributed by atoms with Gasteiger partial charge < -0.3 is 10.8 Å². The number of carboxylic acid groups (broad SMARTS) is 1. The number of aliphatic carboxylic acids is 1. The van der Waals surface area contributed by atoms with Gasteiger partial charge in [0.15, 0.2) is 0 Å². The summed E-state index contributed by atoms with van der Waals surface area (Å²) in [6, 6.07) is 4.29. The van der Waals surface area contributed by atoms with Crippen LogP contribution in [0.15, 0.2) is 18.2 Å². The Kier molecular flexibility index (Phi) is 7.14. The van der Waals surface area contributed by atoms with E-state index in [1.54, 1.807) is 18.2 Å². The minimum absolute atomic E-state index is 0.225. The van der Waals surface area contributed by atoms with Gasteiger partial charge in [-0.3, -0.25) is 4.79 Å². The first kappa shape index (κ1) is 15.6. The van der Waals surface area contributed by atoms with Crippen molar-refractivity contribution < 1.29 is 14.3 Å². The van der Waals surface area contributed by atoms with Crippen molar-refractivity contribution in [3.63, 3.8) is 0 Å². The standard InChI is InChI=1S/C11H14FNO2.C2H6/c1-7-2-3-8(4-9(7)6-12)5-10(13)11(14)15;1-2/h2-4,10H,5-6,13H2,1H3,(H,14,15);1-2H3/t10-;/m0./s1. The van der Waals surface area contributed by atoms with Crippen LogP contribution in [0, 0.1) is 6.92 Å². The lowest BCUT2D eigenvalue weighted by atomic mass is 10.0. The van der Waals surface area contributed by atoms with Crippen molar-refractivity contribution in [1.29, 1.82) is 0 Å². The van der Waals surface area contributed by atoms with E-state index < -0.39 is 18.7 Å². The number of hydrogen-bond acceptors (Lipinski definition) is 2. The molecular weight excluding hydrogens is 221 g/mol. The number of carbonyl (C=O) groups is 1. The third-order valence-corrected chi connectivity index (χ3v) is 2.33. The molecule has 0 saturated heterocycles. The monoisotopic (exact) mass is 241 g/mol. The molecule has 0 saturated carbocycles. The fourth-order valence-corrected chi connectivity index (χ4v) is 1.34. The number of hydrogen-bond donors (Lipinski definition) is 2. The molecule has 1 aromatic carbocycles. The number of nitrogens with two attached hydrogens (primary N) is 1. The smallest absolute Gasteiger partial charge is 0.320 e. The van der Waals surface area contributed by atoms with Gasteiger partial charge in [-0.15, -0.1) is 0 Å². The second-order valence-corrected chi connectivity index (χ2v) is 3.54. The molecule has 0 heterocycles. The summed E-state index contributed by atoms with van der Waals surface area (Å²) in [6.45, 7) is 5.28. The van der Waals surface area contributed by atoms with Gasteiger partial charge in [-0.05, 0) is 30.0 Å². The molecule has 0 fully saturated rings. The number of benzene rings is 1. The number of halogens is 1. The molecule has 0 radical (unpaired) electrons. The minimum Gasteiger partial charge on any atom is -0.480 e. The van der Waals surface area contributed by atoms with E-state index in [-0.39, 0.29) is 6.42 Å². The number of carboxylic acids is 1. The summed E-state index contributed by atoms with van der Waals surface area (Å²) in [5, 5.41) is 8.63. The molecule has 1 rings (SSSR count). The van der Waals surface area contributed by atoms with Gasteiger partial charge in [0.05, 0.1) is 0 Å². The lowest BCUT2D eigenvalue weighted by molar-refractivity contribution is -0.138. The zero-order valence-corrected chi connectivity index (χ0v) is 10.5. The van der Waals surface area contributed by atoms with Gasteiger partial charge in [0.2, 0.25) is 0 Å². The quantitative estimate of drug-likeness (QED) is 0.851. The van der Waals surface area contributed by atoms with Crippen molar-refractivity contribution >= 4 is 5.97 Å². The van der Waals surface area contributed by atoms with Crippen LogP contribution in [0.2, 0.25) is 0 Å². The average Bonchev–Trinajstić information content (AvgIpc) is 2.34. The molecule has 17 heavy (non-hydrogen) atoms. The maximum Gasteiger partial charge on any atom is 0.320 e. The zero-order chi connectivity index (χ0) is 13.4. The van der Waals surface area contributed by atoms with Crippen LogP contribution >= 0.6 is 0 Å². The Balaban J connectivity index is 0.00000121.